The molecule has 1 heterocycles. The number of alkyl halides is 3. The summed E-state index contributed by atoms with van der Waals surface area (Å²) >= 11 is 0. The molecule has 2 rings (SSSR count). The van der Waals surface area contributed by atoms with Crippen molar-refractivity contribution in [3.63, 3.8) is 0 Å². The second kappa shape index (κ2) is 4.87. The van der Waals surface area contributed by atoms with Crippen molar-refractivity contribution in [2.24, 2.45) is 7.05 Å². The molecule has 0 atom stereocenters. The second-order valence-electron chi connectivity index (χ2n) is 4.20. The van der Waals surface area contributed by atoms with Crippen molar-refractivity contribution in [2.75, 3.05) is 0 Å². The smallest absolute Gasteiger partial charge is 0.294 e. The van der Waals surface area contributed by atoms with Crippen molar-refractivity contribution in [1.29, 1.82) is 0 Å². The Hall–Kier alpha value is -2.11. The molecule has 0 fully saturated rings. The van der Waals surface area contributed by atoms with E-state index < -0.39 is 11.7 Å². The number of halogens is 3. The molecule has 0 aliphatic heterocycles. The molecule has 0 spiro atoms. The second-order valence-corrected chi connectivity index (χ2v) is 4.20. The van der Waals surface area contributed by atoms with Gasteiger partial charge in [0.15, 0.2) is 5.78 Å². The first-order chi connectivity index (χ1) is 8.86. The van der Waals surface area contributed by atoms with Gasteiger partial charge in [-0.25, -0.2) is 0 Å². The summed E-state index contributed by atoms with van der Waals surface area (Å²) in [7, 11) is 1.71. The maximum atomic E-state index is 12.5. The number of Topliss-reactive ketones (excluding diaryl/α,β-unsaturated/α-hetero) is 1. The molecule has 100 valence electrons. The lowest BCUT2D eigenvalue weighted by Crippen LogP contribution is -2.08. The van der Waals surface area contributed by atoms with Gasteiger partial charge in [-0.05, 0) is 17.7 Å². The summed E-state index contributed by atoms with van der Waals surface area (Å²) in [6.07, 6.45) is -1.23. The van der Waals surface area contributed by atoms with Gasteiger partial charge in [0.2, 0.25) is 0 Å². The molecule has 0 saturated carbocycles. The Morgan fingerprint density at radius 1 is 1.37 bits per heavy atom. The number of rotatable bonds is 3. The highest BCUT2D eigenvalue weighted by Gasteiger charge is 2.30. The Morgan fingerprint density at radius 3 is 2.68 bits per heavy atom. The Kier molecular flexibility index (Phi) is 3.42. The Balaban J connectivity index is 2.20. The number of nitrogens with zero attached hydrogens (tertiary/aromatic N) is 2. The number of carbonyl (C=O) groups is 1. The molecule has 0 aliphatic rings. The van der Waals surface area contributed by atoms with Crippen LogP contribution in [-0.4, -0.2) is 15.6 Å². The van der Waals surface area contributed by atoms with E-state index in [4.69, 9.17) is 0 Å². The maximum Gasteiger partial charge on any atom is 0.416 e. The van der Waals surface area contributed by atoms with Gasteiger partial charge in [0, 0.05) is 25.2 Å². The van der Waals surface area contributed by atoms with Crippen LogP contribution in [0.15, 0.2) is 36.7 Å². The van der Waals surface area contributed by atoms with Crippen molar-refractivity contribution in [3.05, 3.63) is 53.3 Å². The summed E-state index contributed by atoms with van der Waals surface area (Å²) in [5.74, 6) is -0.362. The fourth-order valence-electron chi connectivity index (χ4n) is 1.72. The quantitative estimate of drug-likeness (QED) is 0.802. The van der Waals surface area contributed by atoms with Crippen LogP contribution >= 0.6 is 0 Å². The van der Waals surface area contributed by atoms with Crippen LogP contribution in [0.1, 0.15) is 21.5 Å². The summed E-state index contributed by atoms with van der Waals surface area (Å²) in [5, 5.41) is 3.90. The SMILES string of the molecule is Cn1cc(CC(=O)c2cccc(C(F)(F)F)c2)cn1. The predicted octanol–water partition coefficient (Wildman–Crippen LogP) is 2.86. The first-order valence-corrected chi connectivity index (χ1v) is 5.54. The number of hydrogen-bond donors (Lipinski definition) is 0. The van der Waals surface area contributed by atoms with Crippen LogP contribution in [-0.2, 0) is 19.6 Å². The molecule has 0 aliphatic carbocycles. The fourth-order valence-corrected chi connectivity index (χ4v) is 1.72. The maximum absolute atomic E-state index is 12.5. The molecule has 1 aromatic heterocycles. The molecular formula is C13H11F3N2O. The number of carbonyl (C=O) groups excluding carboxylic acids is 1. The van der Waals surface area contributed by atoms with Crippen LogP contribution in [0.2, 0.25) is 0 Å². The van der Waals surface area contributed by atoms with E-state index in [1.807, 2.05) is 0 Å². The van der Waals surface area contributed by atoms with Crippen LogP contribution < -0.4 is 0 Å². The molecule has 0 saturated heterocycles. The molecule has 19 heavy (non-hydrogen) atoms. The van der Waals surface area contributed by atoms with Crippen LogP contribution in [0.25, 0.3) is 0 Å². The molecule has 3 nitrogen and oxygen atoms in total. The van der Waals surface area contributed by atoms with E-state index in [-0.39, 0.29) is 17.8 Å². The summed E-state index contributed by atoms with van der Waals surface area (Å²) in [6, 6.07) is 4.44. The van der Waals surface area contributed by atoms with Crippen molar-refractivity contribution in [2.45, 2.75) is 12.6 Å². The minimum atomic E-state index is -4.44. The largest absolute Gasteiger partial charge is 0.416 e. The van der Waals surface area contributed by atoms with Crippen molar-refractivity contribution < 1.29 is 18.0 Å². The van der Waals surface area contributed by atoms with Crippen molar-refractivity contribution in [1.82, 2.24) is 9.78 Å². The molecule has 2 aromatic rings. The fraction of sp³-hybridized carbons (Fsp3) is 0.231. The van der Waals surface area contributed by atoms with Crippen molar-refractivity contribution in [3.8, 4) is 0 Å². The molecule has 6 heteroatoms. The van der Waals surface area contributed by atoms with Crippen LogP contribution in [0.5, 0.6) is 0 Å². The third-order valence-corrected chi connectivity index (χ3v) is 2.63. The Bertz CT molecular complexity index is 602. The molecule has 0 radical (unpaired) electrons. The Morgan fingerprint density at radius 2 is 2.11 bits per heavy atom. The van der Waals surface area contributed by atoms with Gasteiger partial charge in [0.1, 0.15) is 0 Å². The van der Waals surface area contributed by atoms with E-state index in [0.717, 1.165) is 12.1 Å². The lowest BCUT2D eigenvalue weighted by atomic mass is 10.0. The highest BCUT2D eigenvalue weighted by Crippen LogP contribution is 2.29. The molecule has 1 aromatic carbocycles. The van der Waals surface area contributed by atoms with Crippen LogP contribution in [0, 0.1) is 0 Å². The zero-order valence-electron chi connectivity index (χ0n) is 10.1. The minimum Gasteiger partial charge on any atom is -0.294 e. The van der Waals surface area contributed by atoms with E-state index >= 15 is 0 Å². The van der Waals surface area contributed by atoms with E-state index in [1.54, 1.807) is 13.2 Å². The van der Waals surface area contributed by atoms with E-state index in [1.165, 1.54) is 23.0 Å². The van der Waals surface area contributed by atoms with Crippen LogP contribution in [0.4, 0.5) is 13.2 Å². The van der Waals surface area contributed by atoms with Gasteiger partial charge in [-0.2, -0.15) is 18.3 Å². The number of hydrogen-bond acceptors (Lipinski definition) is 2. The van der Waals surface area contributed by atoms with Crippen LogP contribution in [0.3, 0.4) is 0 Å². The van der Waals surface area contributed by atoms with Gasteiger partial charge < -0.3 is 0 Å². The minimum absolute atomic E-state index is 0.0369. The third kappa shape index (κ3) is 3.21. The highest BCUT2D eigenvalue weighted by molar-refractivity contribution is 5.97. The number of ketones is 1. The lowest BCUT2D eigenvalue weighted by Gasteiger charge is -2.07. The molecule has 0 amide bonds. The average Bonchev–Trinajstić information content (AvgIpc) is 2.74. The molecule has 0 bridgehead atoms. The zero-order chi connectivity index (χ0) is 14.0. The first-order valence-electron chi connectivity index (χ1n) is 5.54. The van der Waals surface area contributed by atoms with Gasteiger partial charge in [0.25, 0.3) is 0 Å². The van der Waals surface area contributed by atoms with Gasteiger partial charge >= 0.3 is 6.18 Å². The summed E-state index contributed by atoms with van der Waals surface area (Å²) in [5.41, 5.74) is -0.0897. The van der Waals surface area contributed by atoms with E-state index in [9.17, 15) is 18.0 Å². The van der Waals surface area contributed by atoms with Crippen molar-refractivity contribution >= 4 is 5.78 Å². The predicted molar refractivity (Wildman–Crippen MR) is 62.7 cm³/mol. The highest BCUT2D eigenvalue weighted by atomic mass is 19.4. The first kappa shape index (κ1) is 13.3. The number of aromatic nitrogens is 2. The lowest BCUT2D eigenvalue weighted by molar-refractivity contribution is -0.137. The monoisotopic (exact) mass is 268 g/mol. The summed E-state index contributed by atoms with van der Waals surface area (Å²) < 4.78 is 39.1. The summed E-state index contributed by atoms with van der Waals surface area (Å²) in [6.45, 7) is 0. The molecular weight excluding hydrogens is 257 g/mol. The average molecular weight is 268 g/mol. The summed E-state index contributed by atoms with van der Waals surface area (Å²) in [4.78, 5) is 11.9. The molecule has 0 N–H and O–H groups in total. The van der Waals surface area contributed by atoms with Gasteiger partial charge in [-0.15, -0.1) is 0 Å². The van der Waals surface area contributed by atoms with Gasteiger partial charge in [0.05, 0.1) is 11.8 Å². The topological polar surface area (TPSA) is 34.9 Å². The number of aryl methyl sites for hydroxylation is 1. The third-order valence-electron chi connectivity index (χ3n) is 2.63. The standard InChI is InChI=1S/C13H11F3N2O/c1-18-8-9(7-17-18)5-12(19)10-3-2-4-11(6-10)13(14,15)16/h2-4,6-8H,5H2,1H3. The Labute approximate surface area is 107 Å². The zero-order valence-corrected chi connectivity index (χ0v) is 10.1. The van der Waals surface area contributed by atoms with E-state index in [0.29, 0.717) is 5.56 Å². The van der Waals surface area contributed by atoms with Gasteiger partial charge in [-0.1, -0.05) is 12.1 Å². The normalized spacial score (nSPS) is 11.6. The van der Waals surface area contributed by atoms with E-state index in [2.05, 4.69) is 5.10 Å². The molecule has 0 unspecified atom stereocenters. The number of benzene rings is 1. The van der Waals surface area contributed by atoms with Gasteiger partial charge in [-0.3, -0.25) is 9.48 Å².